The molecule has 1 heterocycles. The number of ether oxygens (including phenoxy) is 1. The summed E-state index contributed by atoms with van der Waals surface area (Å²) >= 11 is 0. The van der Waals surface area contributed by atoms with Gasteiger partial charge in [0.25, 0.3) is 5.56 Å². The van der Waals surface area contributed by atoms with Crippen molar-refractivity contribution in [1.82, 2.24) is 9.13 Å². The molecule has 3 aromatic rings. The third-order valence-electron chi connectivity index (χ3n) is 4.00. The molecule has 0 aliphatic heterocycles. The molecule has 7 nitrogen and oxygen atoms in total. The Bertz CT molecular complexity index is 1070. The van der Waals surface area contributed by atoms with Crippen LogP contribution in [0.25, 0.3) is 5.69 Å². The summed E-state index contributed by atoms with van der Waals surface area (Å²) < 4.78 is 6.74. The van der Waals surface area contributed by atoms with Gasteiger partial charge in [-0.15, -0.1) is 0 Å². The lowest BCUT2D eigenvalue weighted by Crippen LogP contribution is -2.42. The Balaban J connectivity index is 2.29. The van der Waals surface area contributed by atoms with Crippen LogP contribution in [0.2, 0.25) is 0 Å². The summed E-state index contributed by atoms with van der Waals surface area (Å²) in [6.07, 6.45) is 0. The van der Waals surface area contributed by atoms with Crippen LogP contribution in [0, 0.1) is 0 Å². The molecule has 1 aromatic heterocycles. The Kier molecular flexibility index (Phi) is 5.21. The molecule has 0 atom stereocenters. The van der Waals surface area contributed by atoms with Crippen molar-refractivity contribution >= 4 is 5.97 Å². The standard InChI is InChI=1S/C20H18N2O5/c1-2-27-19(25)16-17(23)21(13-14-9-5-3-6-10-14)20(26)22(18(16)24)15-11-7-4-8-12-15/h3-12,23H,2,13H2,1H3. The largest absolute Gasteiger partial charge is 0.494 e. The number of aromatic nitrogens is 2. The van der Waals surface area contributed by atoms with Crippen LogP contribution in [0.1, 0.15) is 22.8 Å². The first kappa shape index (κ1) is 18.2. The summed E-state index contributed by atoms with van der Waals surface area (Å²) in [6, 6.07) is 17.2. The fourth-order valence-electron chi connectivity index (χ4n) is 2.74. The second-order valence-corrected chi connectivity index (χ2v) is 5.75. The van der Waals surface area contributed by atoms with E-state index >= 15 is 0 Å². The molecular weight excluding hydrogens is 348 g/mol. The Morgan fingerprint density at radius 1 is 1.00 bits per heavy atom. The number of benzene rings is 2. The first-order valence-corrected chi connectivity index (χ1v) is 8.40. The minimum Gasteiger partial charge on any atom is -0.494 e. The van der Waals surface area contributed by atoms with Gasteiger partial charge in [0.05, 0.1) is 18.8 Å². The highest BCUT2D eigenvalue weighted by atomic mass is 16.5. The SMILES string of the molecule is CCOC(=O)c1c(O)n(Cc2ccccc2)c(=O)n(-c2ccccc2)c1=O. The van der Waals surface area contributed by atoms with Gasteiger partial charge in [-0.1, -0.05) is 48.5 Å². The highest BCUT2D eigenvalue weighted by Gasteiger charge is 2.26. The van der Waals surface area contributed by atoms with Gasteiger partial charge in [-0.2, -0.15) is 0 Å². The van der Waals surface area contributed by atoms with Crippen molar-refractivity contribution in [3.05, 3.63) is 92.6 Å². The summed E-state index contributed by atoms with van der Waals surface area (Å²) in [5, 5.41) is 10.5. The average Bonchev–Trinajstić information content (AvgIpc) is 2.67. The fourth-order valence-corrected chi connectivity index (χ4v) is 2.74. The number of carbonyl (C=O) groups is 1. The molecule has 0 amide bonds. The van der Waals surface area contributed by atoms with Crippen LogP contribution in [-0.4, -0.2) is 26.8 Å². The van der Waals surface area contributed by atoms with Gasteiger partial charge in [0.15, 0.2) is 5.56 Å². The molecule has 2 aromatic carbocycles. The zero-order valence-corrected chi connectivity index (χ0v) is 14.7. The van der Waals surface area contributed by atoms with Crippen molar-refractivity contribution in [3.63, 3.8) is 0 Å². The smallest absolute Gasteiger partial charge is 0.349 e. The van der Waals surface area contributed by atoms with Crippen molar-refractivity contribution in [3.8, 4) is 11.6 Å². The maximum Gasteiger partial charge on any atom is 0.349 e. The first-order valence-electron chi connectivity index (χ1n) is 8.40. The van der Waals surface area contributed by atoms with Crippen LogP contribution in [0.4, 0.5) is 0 Å². The summed E-state index contributed by atoms with van der Waals surface area (Å²) in [4.78, 5) is 38.1. The van der Waals surface area contributed by atoms with Gasteiger partial charge < -0.3 is 9.84 Å². The molecule has 1 N–H and O–H groups in total. The lowest BCUT2D eigenvalue weighted by Gasteiger charge is -2.15. The van der Waals surface area contributed by atoms with Gasteiger partial charge in [-0.3, -0.25) is 9.36 Å². The highest BCUT2D eigenvalue weighted by Crippen LogP contribution is 2.15. The van der Waals surface area contributed by atoms with Gasteiger partial charge in [0, 0.05) is 0 Å². The predicted molar refractivity (Wildman–Crippen MR) is 99.5 cm³/mol. The maximum absolute atomic E-state index is 13.0. The number of nitrogens with zero attached hydrogens (tertiary/aromatic N) is 2. The molecule has 0 fully saturated rings. The van der Waals surface area contributed by atoms with Gasteiger partial charge in [-0.05, 0) is 24.6 Å². The summed E-state index contributed by atoms with van der Waals surface area (Å²) in [5.41, 5.74) is -1.23. The van der Waals surface area contributed by atoms with Crippen LogP contribution >= 0.6 is 0 Å². The molecule has 0 unspecified atom stereocenters. The topological polar surface area (TPSA) is 90.5 Å². The van der Waals surface area contributed by atoms with Crippen LogP contribution in [0.5, 0.6) is 5.88 Å². The lowest BCUT2D eigenvalue weighted by molar-refractivity contribution is 0.0518. The van der Waals surface area contributed by atoms with E-state index in [1.165, 1.54) is 0 Å². The molecule has 0 saturated heterocycles. The maximum atomic E-state index is 13.0. The predicted octanol–water partition coefficient (Wildman–Crippen LogP) is 1.93. The molecule has 0 saturated carbocycles. The molecule has 0 spiro atoms. The number of hydrogen-bond donors (Lipinski definition) is 1. The van der Waals surface area contributed by atoms with Crippen molar-refractivity contribution in [1.29, 1.82) is 0 Å². The van der Waals surface area contributed by atoms with Crippen molar-refractivity contribution in [2.24, 2.45) is 0 Å². The third kappa shape index (κ3) is 3.52. The quantitative estimate of drug-likeness (QED) is 0.697. The van der Waals surface area contributed by atoms with Crippen molar-refractivity contribution < 1.29 is 14.6 Å². The monoisotopic (exact) mass is 366 g/mol. The van der Waals surface area contributed by atoms with Gasteiger partial charge in [-0.25, -0.2) is 14.2 Å². The van der Waals surface area contributed by atoms with Gasteiger partial charge >= 0.3 is 11.7 Å². The van der Waals surface area contributed by atoms with Crippen molar-refractivity contribution in [2.45, 2.75) is 13.5 Å². The molecule has 0 radical (unpaired) electrons. The highest BCUT2D eigenvalue weighted by molar-refractivity contribution is 5.91. The van der Waals surface area contributed by atoms with E-state index in [4.69, 9.17) is 4.74 Å². The van der Waals surface area contributed by atoms with Crippen LogP contribution in [0.3, 0.4) is 0 Å². The zero-order chi connectivity index (χ0) is 19.4. The molecule has 0 aliphatic rings. The number of aromatic hydroxyl groups is 1. The molecule has 27 heavy (non-hydrogen) atoms. The number of rotatable bonds is 5. The van der Waals surface area contributed by atoms with E-state index in [0.29, 0.717) is 5.69 Å². The van der Waals surface area contributed by atoms with Crippen molar-refractivity contribution in [2.75, 3.05) is 6.61 Å². The molecular formula is C20H18N2O5. The Hall–Kier alpha value is -3.61. The van der Waals surface area contributed by atoms with E-state index in [-0.39, 0.29) is 13.2 Å². The lowest BCUT2D eigenvalue weighted by atomic mass is 10.2. The molecule has 0 aliphatic carbocycles. The van der Waals surface area contributed by atoms with E-state index < -0.39 is 28.7 Å². The molecule has 0 bridgehead atoms. The van der Waals surface area contributed by atoms with E-state index in [0.717, 1.165) is 14.7 Å². The van der Waals surface area contributed by atoms with Crippen LogP contribution in [0.15, 0.2) is 70.3 Å². The number of carbonyl (C=O) groups excluding carboxylic acids is 1. The Morgan fingerprint density at radius 2 is 1.59 bits per heavy atom. The second kappa shape index (κ2) is 7.74. The summed E-state index contributed by atoms with van der Waals surface area (Å²) in [7, 11) is 0. The number of hydrogen-bond acceptors (Lipinski definition) is 5. The zero-order valence-electron chi connectivity index (χ0n) is 14.7. The van der Waals surface area contributed by atoms with E-state index in [1.54, 1.807) is 61.5 Å². The summed E-state index contributed by atoms with van der Waals surface area (Å²) in [6.45, 7) is 1.61. The van der Waals surface area contributed by atoms with E-state index in [9.17, 15) is 19.5 Å². The normalized spacial score (nSPS) is 10.6. The number of para-hydroxylation sites is 1. The third-order valence-corrected chi connectivity index (χ3v) is 4.00. The Labute approximate surface area is 154 Å². The molecule has 3 rings (SSSR count). The average molecular weight is 366 g/mol. The minimum atomic E-state index is -0.980. The van der Waals surface area contributed by atoms with Gasteiger partial charge in [0.1, 0.15) is 0 Å². The first-order chi connectivity index (χ1) is 13.0. The minimum absolute atomic E-state index is 0.00890. The molecule has 138 valence electrons. The second-order valence-electron chi connectivity index (χ2n) is 5.75. The van der Waals surface area contributed by atoms with E-state index in [2.05, 4.69) is 0 Å². The van der Waals surface area contributed by atoms with Gasteiger partial charge in [0.2, 0.25) is 5.88 Å². The fraction of sp³-hybridized carbons (Fsp3) is 0.150. The van der Waals surface area contributed by atoms with E-state index in [1.807, 2.05) is 6.07 Å². The van der Waals surface area contributed by atoms with Crippen LogP contribution in [-0.2, 0) is 11.3 Å². The molecule has 7 heteroatoms. The number of esters is 1. The summed E-state index contributed by atoms with van der Waals surface area (Å²) in [5.74, 6) is -1.69. The van der Waals surface area contributed by atoms with Crippen LogP contribution < -0.4 is 11.2 Å². The Morgan fingerprint density at radius 3 is 2.19 bits per heavy atom.